The molecule has 2 heterocycles. The summed E-state index contributed by atoms with van der Waals surface area (Å²) in [6, 6.07) is 3.94. The molecule has 0 saturated heterocycles. The summed E-state index contributed by atoms with van der Waals surface area (Å²) in [5, 5.41) is 7.08. The second-order valence-corrected chi connectivity index (χ2v) is 5.87. The molecule has 0 aliphatic carbocycles. The summed E-state index contributed by atoms with van der Waals surface area (Å²) in [4.78, 5) is 16.1. The van der Waals surface area contributed by atoms with Gasteiger partial charge in [-0.1, -0.05) is 27.7 Å². The van der Waals surface area contributed by atoms with Crippen LogP contribution in [0.1, 0.15) is 39.8 Å². The largest absolute Gasteiger partial charge is 0.309 e. The van der Waals surface area contributed by atoms with Crippen molar-refractivity contribution in [2.45, 2.75) is 40.5 Å². The number of hydrogen-bond donors (Lipinski definition) is 1. The number of aromatic nitrogens is 3. The van der Waals surface area contributed by atoms with Crippen LogP contribution in [-0.4, -0.2) is 20.5 Å². The Balaban J connectivity index is 2.26. The van der Waals surface area contributed by atoms with Crippen molar-refractivity contribution < 1.29 is 4.79 Å². The van der Waals surface area contributed by atoms with Crippen molar-refractivity contribution in [3.8, 4) is 0 Å². The van der Waals surface area contributed by atoms with E-state index in [0.717, 1.165) is 17.6 Å². The van der Waals surface area contributed by atoms with Crippen molar-refractivity contribution in [3.63, 3.8) is 0 Å². The van der Waals surface area contributed by atoms with Gasteiger partial charge in [0.15, 0.2) is 5.82 Å². The molecule has 0 unspecified atom stereocenters. The third kappa shape index (κ3) is 3.10. The number of carbonyl (C=O) groups is 1. The first-order chi connectivity index (χ1) is 8.90. The summed E-state index contributed by atoms with van der Waals surface area (Å²) in [5.74, 6) is 0.552. The SMILES string of the molecule is CCc1ccc2c(NC(=O)CC(C)(C)C)ncnn12. The van der Waals surface area contributed by atoms with E-state index in [9.17, 15) is 4.79 Å². The van der Waals surface area contributed by atoms with Crippen LogP contribution in [0.5, 0.6) is 0 Å². The normalized spacial score (nSPS) is 11.8. The fourth-order valence-corrected chi connectivity index (χ4v) is 2.01. The van der Waals surface area contributed by atoms with Gasteiger partial charge in [-0.05, 0) is 24.0 Å². The molecule has 0 fully saturated rings. The summed E-state index contributed by atoms with van der Waals surface area (Å²) in [6.45, 7) is 8.18. The first kappa shape index (κ1) is 13.5. The van der Waals surface area contributed by atoms with Crippen molar-refractivity contribution in [1.29, 1.82) is 0 Å². The van der Waals surface area contributed by atoms with Crippen molar-refractivity contribution in [2.75, 3.05) is 5.32 Å². The van der Waals surface area contributed by atoms with E-state index >= 15 is 0 Å². The maximum Gasteiger partial charge on any atom is 0.226 e. The van der Waals surface area contributed by atoms with Gasteiger partial charge in [0.1, 0.15) is 11.8 Å². The third-order valence-electron chi connectivity index (χ3n) is 2.84. The minimum atomic E-state index is -0.0377. The highest BCUT2D eigenvalue weighted by atomic mass is 16.1. The molecule has 102 valence electrons. The third-order valence-corrected chi connectivity index (χ3v) is 2.84. The van der Waals surface area contributed by atoms with Gasteiger partial charge >= 0.3 is 0 Å². The molecule has 2 aromatic rings. The summed E-state index contributed by atoms with van der Waals surface area (Å²) in [5.41, 5.74) is 1.90. The molecule has 19 heavy (non-hydrogen) atoms. The molecule has 0 bridgehead atoms. The van der Waals surface area contributed by atoms with Crippen molar-refractivity contribution >= 4 is 17.2 Å². The molecular weight excluding hydrogens is 240 g/mol. The minimum absolute atomic E-state index is 0.0210. The minimum Gasteiger partial charge on any atom is -0.309 e. The van der Waals surface area contributed by atoms with Crippen molar-refractivity contribution in [3.05, 3.63) is 24.2 Å². The van der Waals surface area contributed by atoms with E-state index in [1.54, 1.807) is 0 Å². The maximum atomic E-state index is 12.0. The topological polar surface area (TPSA) is 59.3 Å². The monoisotopic (exact) mass is 260 g/mol. The van der Waals surface area contributed by atoms with E-state index in [1.807, 2.05) is 37.4 Å². The number of nitrogens with zero attached hydrogens (tertiary/aromatic N) is 3. The summed E-state index contributed by atoms with van der Waals surface area (Å²) < 4.78 is 1.82. The second kappa shape index (κ2) is 4.99. The van der Waals surface area contributed by atoms with Gasteiger partial charge in [-0.2, -0.15) is 5.10 Å². The standard InChI is InChI=1S/C14H20N4O/c1-5-10-6-7-11-13(15-9-16-18(10)11)17-12(19)8-14(2,3)4/h6-7,9H,5,8H2,1-4H3,(H,15,16,17,19). The Hall–Kier alpha value is -1.91. The lowest BCUT2D eigenvalue weighted by atomic mass is 9.92. The molecule has 0 spiro atoms. The smallest absolute Gasteiger partial charge is 0.226 e. The van der Waals surface area contributed by atoms with E-state index in [2.05, 4.69) is 22.3 Å². The Morgan fingerprint density at radius 1 is 1.37 bits per heavy atom. The van der Waals surface area contributed by atoms with Gasteiger partial charge in [-0.25, -0.2) is 9.50 Å². The van der Waals surface area contributed by atoms with Crippen LogP contribution in [0.4, 0.5) is 5.82 Å². The van der Waals surface area contributed by atoms with Crippen molar-refractivity contribution in [1.82, 2.24) is 14.6 Å². The first-order valence-electron chi connectivity index (χ1n) is 6.52. The van der Waals surface area contributed by atoms with Gasteiger partial charge in [0.05, 0.1) is 0 Å². The average molecular weight is 260 g/mol. The molecule has 5 nitrogen and oxygen atoms in total. The molecule has 2 aromatic heterocycles. The van der Waals surface area contributed by atoms with Crippen LogP contribution in [0.2, 0.25) is 0 Å². The Kier molecular flexibility index (Phi) is 3.55. The molecule has 0 aromatic carbocycles. The van der Waals surface area contributed by atoms with Gasteiger partial charge in [-0.15, -0.1) is 0 Å². The van der Waals surface area contributed by atoms with Gasteiger partial charge in [0, 0.05) is 12.1 Å². The molecule has 0 radical (unpaired) electrons. The van der Waals surface area contributed by atoms with Crippen LogP contribution in [0.3, 0.4) is 0 Å². The van der Waals surface area contributed by atoms with Crippen LogP contribution in [0.25, 0.3) is 5.52 Å². The zero-order valence-electron chi connectivity index (χ0n) is 11.9. The maximum absolute atomic E-state index is 12.0. The predicted octanol–water partition coefficient (Wildman–Crippen LogP) is 2.67. The van der Waals surface area contributed by atoms with Gasteiger partial charge in [0.25, 0.3) is 0 Å². The van der Waals surface area contributed by atoms with Crippen LogP contribution in [0, 0.1) is 5.41 Å². The number of nitrogens with one attached hydrogen (secondary N) is 1. The van der Waals surface area contributed by atoms with E-state index in [1.165, 1.54) is 6.33 Å². The van der Waals surface area contributed by atoms with Crippen LogP contribution >= 0.6 is 0 Å². The highest BCUT2D eigenvalue weighted by Crippen LogP contribution is 2.21. The molecule has 1 N–H and O–H groups in total. The van der Waals surface area contributed by atoms with E-state index in [-0.39, 0.29) is 11.3 Å². The number of carbonyl (C=O) groups excluding carboxylic acids is 1. The van der Waals surface area contributed by atoms with Crippen LogP contribution in [-0.2, 0) is 11.2 Å². The highest BCUT2D eigenvalue weighted by Gasteiger charge is 2.17. The zero-order chi connectivity index (χ0) is 14.0. The lowest BCUT2D eigenvalue weighted by Crippen LogP contribution is -2.20. The van der Waals surface area contributed by atoms with Crippen molar-refractivity contribution in [2.24, 2.45) is 5.41 Å². The number of fused-ring (bicyclic) bond motifs is 1. The number of aryl methyl sites for hydroxylation is 1. The summed E-state index contributed by atoms with van der Waals surface area (Å²) >= 11 is 0. The van der Waals surface area contributed by atoms with E-state index in [0.29, 0.717) is 12.2 Å². The predicted molar refractivity (Wildman–Crippen MR) is 75.1 cm³/mol. The number of hydrogen-bond acceptors (Lipinski definition) is 3. The summed E-state index contributed by atoms with van der Waals surface area (Å²) in [7, 11) is 0. The lowest BCUT2D eigenvalue weighted by Gasteiger charge is -2.17. The Bertz CT molecular complexity index is 595. The van der Waals surface area contributed by atoms with E-state index < -0.39 is 0 Å². The Morgan fingerprint density at radius 3 is 2.74 bits per heavy atom. The average Bonchev–Trinajstić information content (AvgIpc) is 2.70. The molecule has 1 amide bonds. The first-order valence-corrected chi connectivity index (χ1v) is 6.52. The van der Waals surface area contributed by atoms with Gasteiger partial charge in [0.2, 0.25) is 5.91 Å². The number of anilines is 1. The Labute approximate surface area is 113 Å². The fourth-order valence-electron chi connectivity index (χ4n) is 2.01. The molecule has 0 saturated carbocycles. The number of amides is 1. The molecule has 5 heteroatoms. The van der Waals surface area contributed by atoms with Gasteiger partial charge in [-0.3, -0.25) is 4.79 Å². The zero-order valence-corrected chi connectivity index (χ0v) is 11.9. The highest BCUT2D eigenvalue weighted by molar-refractivity contribution is 5.93. The summed E-state index contributed by atoms with van der Waals surface area (Å²) in [6.07, 6.45) is 2.82. The Morgan fingerprint density at radius 2 is 2.11 bits per heavy atom. The van der Waals surface area contributed by atoms with E-state index in [4.69, 9.17) is 0 Å². The fraction of sp³-hybridized carbons (Fsp3) is 0.500. The lowest BCUT2D eigenvalue weighted by molar-refractivity contribution is -0.117. The molecule has 2 rings (SSSR count). The second-order valence-electron chi connectivity index (χ2n) is 5.87. The molecular formula is C14H20N4O. The quantitative estimate of drug-likeness (QED) is 0.923. The molecule has 0 atom stereocenters. The van der Waals surface area contributed by atoms with Crippen LogP contribution < -0.4 is 5.32 Å². The van der Waals surface area contributed by atoms with Gasteiger partial charge < -0.3 is 5.32 Å². The molecule has 0 aliphatic heterocycles. The van der Waals surface area contributed by atoms with Crippen LogP contribution in [0.15, 0.2) is 18.5 Å². The molecule has 0 aliphatic rings. The number of rotatable bonds is 3.